The number of alkyl halides is 3. The smallest absolute Gasteiger partial charge is 0.372 e. The van der Waals surface area contributed by atoms with Gasteiger partial charge in [-0.1, -0.05) is 18.2 Å². The fraction of sp³-hybridized carbons (Fsp3) is 0.462. The second-order valence-electron chi connectivity index (χ2n) is 4.34. The summed E-state index contributed by atoms with van der Waals surface area (Å²) in [4.78, 5) is 11.6. The summed E-state index contributed by atoms with van der Waals surface area (Å²) < 4.78 is 39.9. The average molecular weight is 290 g/mol. The Bertz CT molecular complexity index is 447. The quantitative estimate of drug-likeness (QED) is 0.792. The molecule has 1 rings (SSSR count). The lowest BCUT2D eigenvalue weighted by atomic mass is 10.1. The van der Waals surface area contributed by atoms with Crippen molar-refractivity contribution in [1.29, 1.82) is 0 Å². The molecule has 0 fully saturated rings. The predicted molar refractivity (Wildman–Crippen MR) is 69.2 cm³/mol. The minimum atomic E-state index is -4.38. The van der Waals surface area contributed by atoms with E-state index in [-0.39, 0.29) is 19.1 Å². The number of carbonyl (C=O) groups excluding carboxylic acids is 1. The molecule has 4 nitrogen and oxygen atoms in total. The number of hydrogen-bond donors (Lipinski definition) is 2. The predicted octanol–water partition coefficient (Wildman–Crippen LogP) is 2.61. The van der Waals surface area contributed by atoms with Gasteiger partial charge in [0, 0.05) is 11.7 Å². The zero-order chi connectivity index (χ0) is 15.2. The summed E-state index contributed by atoms with van der Waals surface area (Å²) in [6.45, 7) is 0.139. The summed E-state index contributed by atoms with van der Waals surface area (Å²) in [6.07, 6.45) is -4.53. The number of nitrogens with two attached hydrogens (primary N) is 1. The van der Waals surface area contributed by atoms with Gasteiger partial charge < -0.3 is 15.8 Å². The van der Waals surface area contributed by atoms with Crippen LogP contribution >= 0.6 is 0 Å². The van der Waals surface area contributed by atoms with E-state index in [4.69, 9.17) is 5.73 Å². The number of ether oxygens (including phenoxy) is 1. The number of para-hydroxylation sites is 1. The molecule has 0 spiro atoms. The van der Waals surface area contributed by atoms with E-state index < -0.39 is 18.7 Å². The SMILES string of the molecule is CC(N)c1ccccc1NC(=O)CCOCC(F)(F)F. The second kappa shape index (κ2) is 7.25. The van der Waals surface area contributed by atoms with Crippen LogP contribution in [0.25, 0.3) is 0 Å². The fourth-order valence-electron chi connectivity index (χ4n) is 1.57. The number of carbonyl (C=O) groups is 1. The molecule has 20 heavy (non-hydrogen) atoms. The molecule has 0 heterocycles. The number of nitrogens with one attached hydrogen (secondary N) is 1. The first-order valence-corrected chi connectivity index (χ1v) is 6.08. The highest BCUT2D eigenvalue weighted by atomic mass is 19.4. The normalized spacial score (nSPS) is 13.1. The van der Waals surface area contributed by atoms with Crippen LogP contribution in [-0.4, -0.2) is 25.3 Å². The van der Waals surface area contributed by atoms with Gasteiger partial charge in [-0.25, -0.2) is 0 Å². The van der Waals surface area contributed by atoms with Crippen molar-refractivity contribution in [2.45, 2.75) is 25.6 Å². The van der Waals surface area contributed by atoms with Crippen LogP contribution in [0.4, 0.5) is 18.9 Å². The lowest BCUT2D eigenvalue weighted by Gasteiger charge is -2.13. The van der Waals surface area contributed by atoms with Crippen LogP contribution in [0.15, 0.2) is 24.3 Å². The maximum Gasteiger partial charge on any atom is 0.411 e. The molecular weight excluding hydrogens is 273 g/mol. The molecule has 112 valence electrons. The molecule has 7 heteroatoms. The van der Waals surface area contributed by atoms with E-state index in [1.807, 2.05) is 0 Å². The van der Waals surface area contributed by atoms with Crippen molar-refractivity contribution < 1.29 is 22.7 Å². The number of halogens is 3. The van der Waals surface area contributed by atoms with Crippen molar-refractivity contribution >= 4 is 11.6 Å². The van der Waals surface area contributed by atoms with Gasteiger partial charge in [-0.05, 0) is 18.6 Å². The van der Waals surface area contributed by atoms with E-state index in [9.17, 15) is 18.0 Å². The maximum atomic E-state index is 11.8. The topological polar surface area (TPSA) is 64.3 Å². The zero-order valence-corrected chi connectivity index (χ0v) is 11.0. The Morgan fingerprint density at radius 2 is 2.05 bits per heavy atom. The minimum Gasteiger partial charge on any atom is -0.372 e. The van der Waals surface area contributed by atoms with Gasteiger partial charge >= 0.3 is 6.18 Å². The molecule has 0 saturated carbocycles. The highest BCUT2D eigenvalue weighted by Crippen LogP contribution is 2.20. The summed E-state index contributed by atoms with van der Waals surface area (Å²) in [7, 11) is 0. The first kappa shape index (κ1) is 16.5. The maximum absolute atomic E-state index is 11.8. The van der Waals surface area contributed by atoms with Gasteiger partial charge in [-0.15, -0.1) is 0 Å². The molecular formula is C13H17F3N2O2. The summed E-state index contributed by atoms with van der Waals surface area (Å²) in [5.41, 5.74) is 7.08. The Kier molecular flexibility index (Phi) is 5.97. The lowest BCUT2D eigenvalue weighted by molar-refractivity contribution is -0.174. The van der Waals surface area contributed by atoms with E-state index in [0.29, 0.717) is 5.69 Å². The van der Waals surface area contributed by atoms with E-state index in [2.05, 4.69) is 10.1 Å². The van der Waals surface area contributed by atoms with Crippen LogP contribution < -0.4 is 11.1 Å². The van der Waals surface area contributed by atoms with E-state index in [1.165, 1.54) is 0 Å². The van der Waals surface area contributed by atoms with Crippen LogP contribution in [0, 0.1) is 0 Å². The molecule has 0 saturated heterocycles. The number of amides is 1. The molecule has 1 unspecified atom stereocenters. The van der Waals surface area contributed by atoms with Gasteiger partial charge in [0.2, 0.25) is 5.91 Å². The summed E-state index contributed by atoms with van der Waals surface area (Å²) in [5, 5.41) is 2.61. The number of anilines is 1. The Morgan fingerprint density at radius 3 is 2.65 bits per heavy atom. The largest absolute Gasteiger partial charge is 0.411 e. The van der Waals surface area contributed by atoms with Crippen LogP contribution in [0.3, 0.4) is 0 Å². The molecule has 0 aliphatic carbocycles. The van der Waals surface area contributed by atoms with Crippen molar-refractivity contribution in [3.63, 3.8) is 0 Å². The van der Waals surface area contributed by atoms with Crippen molar-refractivity contribution in [3.8, 4) is 0 Å². The van der Waals surface area contributed by atoms with Crippen LogP contribution in [0.2, 0.25) is 0 Å². The molecule has 0 bridgehead atoms. The van der Waals surface area contributed by atoms with Crippen molar-refractivity contribution in [2.24, 2.45) is 5.73 Å². The Hall–Kier alpha value is -1.60. The van der Waals surface area contributed by atoms with Gasteiger partial charge in [-0.2, -0.15) is 13.2 Å². The molecule has 3 N–H and O–H groups in total. The molecule has 0 aliphatic heterocycles. The Labute approximate surface area is 115 Å². The monoisotopic (exact) mass is 290 g/mol. The van der Waals surface area contributed by atoms with Gasteiger partial charge in [-0.3, -0.25) is 4.79 Å². The Balaban J connectivity index is 2.43. The van der Waals surface area contributed by atoms with E-state index in [1.54, 1.807) is 31.2 Å². The molecule has 1 aromatic carbocycles. The van der Waals surface area contributed by atoms with Crippen molar-refractivity contribution in [2.75, 3.05) is 18.5 Å². The lowest BCUT2D eigenvalue weighted by Crippen LogP contribution is -2.21. The first-order chi connectivity index (χ1) is 9.29. The molecule has 1 aromatic rings. The minimum absolute atomic E-state index is 0.149. The fourth-order valence-corrected chi connectivity index (χ4v) is 1.57. The molecule has 0 aromatic heterocycles. The summed E-state index contributed by atoms with van der Waals surface area (Å²) in [6, 6.07) is 6.74. The molecule has 1 amide bonds. The number of hydrogen-bond acceptors (Lipinski definition) is 3. The Morgan fingerprint density at radius 1 is 1.40 bits per heavy atom. The van der Waals surface area contributed by atoms with E-state index in [0.717, 1.165) is 5.56 Å². The third-order valence-electron chi connectivity index (χ3n) is 2.46. The number of rotatable bonds is 6. The highest BCUT2D eigenvalue weighted by molar-refractivity contribution is 5.91. The number of benzene rings is 1. The summed E-state index contributed by atoms with van der Waals surface area (Å²) >= 11 is 0. The molecule has 0 aliphatic rings. The van der Waals surface area contributed by atoms with Gasteiger partial charge in [0.1, 0.15) is 6.61 Å². The highest BCUT2D eigenvalue weighted by Gasteiger charge is 2.27. The molecule has 1 atom stereocenters. The molecule has 0 radical (unpaired) electrons. The third-order valence-corrected chi connectivity index (χ3v) is 2.46. The standard InChI is InChI=1S/C13H17F3N2O2/c1-9(17)10-4-2-3-5-11(10)18-12(19)6-7-20-8-13(14,15)16/h2-5,9H,6-8,17H2,1H3,(H,18,19). The van der Waals surface area contributed by atoms with Crippen molar-refractivity contribution in [1.82, 2.24) is 0 Å². The van der Waals surface area contributed by atoms with Gasteiger partial charge in [0.05, 0.1) is 13.0 Å². The average Bonchev–Trinajstić information content (AvgIpc) is 2.34. The summed E-state index contributed by atoms with van der Waals surface area (Å²) in [5.74, 6) is -0.416. The third kappa shape index (κ3) is 6.03. The van der Waals surface area contributed by atoms with Crippen LogP contribution in [0.5, 0.6) is 0 Å². The van der Waals surface area contributed by atoms with Crippen LogP contribution in [0.1, 0.15) is 24.9 Å². The zero-order valence-electron chi connectivity index (χ0n) is 11.0. The second-order valence-corrected chi connectivity index (χ2v) is 4.34. The van der Waals surface area contributed by atoms with Crippen molar-refractivity contribution in [3.05, 3.63) is 29.8 Å². The van der Waals surface area contributed by atoms with E-state index >= 15 is 0 Å². The van der Waals surface area contributed by atoms with Gasteiger partial charge in [0.25, 0.3) is 0 Å². The van der Waals surface area contributed by atoms with Crippen LogP contribution in [-0.2, 0) is 9.53 Å². The first-order valence-electron chi connectivity index (χ1n) is 6.08. The van der Waals surface area contributed by atoms with Gasteiger partial charge in [0.15, 0.2) is 0 Å².